The number of nitriles is 1. The number of hydrogen-bond donors (Lipinski definition) is 1. The lowest BCUT2D eigenvalue weighted by Crippen LogP contribution is -2.65. The summed E-state index contributed by atoms with van der Waals surface area (Å²) in [5, 5.41) is 12.2. The van der Waals surface area contributed by atoms with E-state index in [0.717, 1.165) is 25.2 Å². The highest BCUT2D eigenvalue weighted by atomic mass is 16.2. The van der Waals surface area contributed by atoms with E-state index in [-0.39, 0.29) is 11.4 Å². The van der Waals surface area contributed by atoms with Crippen molar-refractivity contribution in [3.8, 4) is 6.07 Å². The zero-order valence-electron chi connectivity index (χ0n) is 12.3. The number of nitrogens with one attached hydrogen (secondary N) is 1. The fourth-order valence-electron chi connectivity index (χ4n) is 6.02. The van der Waals surface area contributed by atoms with Gasteiger partial charge in [0.1, 0.15) is 5.92 Å². The van der Waals surface area contributed by atoms with Gasteiger partial charge in [0.15, 0.2) is 0 Å². The van der Waals surface area contributed by atoms with E-state index >= 15 is 0 Å². The van der Waals surface area contributed by atoms with Crippen molar-refractivity contribution in [2.75, 3.05) is 0 Å². The molecule has 0 heterocycles. The van der Waals surface area contributed by atoms with Gasteiger partial charge in [-0.2, -0.15) is 5.26 Å². The number of nitrogens with zero attached hydrogens (tertiary/aromatic N) is 1. The maximum Gasteiger partial charge on any atom is 0.237 e. The third kappa shape index (κ3) is 2.06. The zero-order chi connectivity index (χ0) is 13.9. The van der Waals surface area contributed by atoms with Gasteiger partial charge in [-0.3, -0.25) is 4.79 Å². The van der Waals surface area contributed by atoms with Crippen molar-refractivity contribution < 1.29 is 4.79 Å². The molecule has 3 unspecified atom stereocenters. The minimum Gasteiger partial charge on any atom is -0.349 e. The van der Waals surface area contributed by atoms with Crippen LogP contribution in [0.1, 0.15) is 59.3 Å². The van der Waals surface area contributed by atoms with Crippen LogP contribution >= 0.6 is 0 Å². The smallest absolute Gasteiger partial charge is 0.237 e. The van der Waals surface area contributed by atoms with Gasteiger partial charge in [0.05, 0.1) is 6.07 Å². The van der Waals surface area contributed by atoms with Crippen molar-refractivity contribution in [3.05, 3.63) is 0 Å². The highest BCUT2D eigenvalue weighted by Gasteiger charge is 2.60. The average molecular weight is 260 g/mol. The molecule has 1 amide bonds. The van der Waals surface area contributed by atoms with E-state index in [9.17, 15) is 4.79 Å². The second-order valence-electron chi connectivity index (χ2n) is 8.25. The molecule has 4 rings (SSSR count). The third-order valence-electron chi connectivity index (χ3n) is 5.60. The van der Waals surface area contributed by atoms with Crippen LogP contribution in [0.4, 0.5) is 0 Å². The van der Waals surface area contributed by atoms with Crippen molar-refractivity contribution in [3.63, 3.8) is 0 Å². The summed E-state index contributed by atoms with van der Waals surface area (Å²) < 4.78 is 0. The Morgan fingerprint density at radius 3 is 2.26 bits per heavy atom. The summed E-state index contributed by atoms with van der Waals surface area (Å²) >= 11 is 0. The molecule has 0 aromatic rings. The predicted molar refractivity (Wildman–Crippen MR) is 73.1 cm³/mol. The van der Waals surface area contributed by atoms with E-state index in [1.165, 1.54) is 19.3 Å². The molecule has 4 aliphatic rings. The van der Waals surface area contributed by atoms with Crippen LogP contribution in [0.25, 0.3) is 0 Å². The molecule has 104 valence electrons. The first kappa shape index (κ1) is 13.0. The maximum absolute atomic E-state index is 12.1. The van der Waals surface area contributed by atoms with Crippen LogP contribution in [0.3, 0.4) is 0 Å². The van der Waals surface area contributed by atoms with Crippen molar-refractivity contribution in [2.45, 2.75) is 64.8 Å². The summed E-state index contributed by atoms with van der Waals surface area (Å²) in [5.41, 5.74) is 0.778. The molecule has 0 aliphatic heterocycles. The SMILES string of the molecule is CC(C#N)C(=O)NC12CC3CC(C)(CC(C)(C3)C1)C2. The van der Waals surface area contributed by atoms with Crippen LogP contribution in [0.15, 0.2) is 0 Å². The standard InChI is InChI=1S/C16H24N2O/c1-11(7-17)13(19)18-16-6-12-4-14(2,9-16)8-15(3,5-12)10-16/h11-12H,4-6,8-10H2,1-3H3,(H,18,19). The molecule has 4 saturated carbocycles. The molecule has 4 aliphatic carbocycles. The van der Waals surface area contributed by atoms with E-state index in [1.807, 2.05) is 0 Å². The van der Waals surface area contributed by atoms with Gasteiger partial charge in [-0.15, -0.1) is 0 Å². The molecular weight excluding hydrogens is 236 g/mol. The highest BCUT2D eigenvalue weighted by Crippen LogP contribution is 2.66. The first-order valence-electron chi connectivity index (χ1n) is 7.49. The van der Waals surface area contributed by atoms with Crippen molar-refractivity contribution in [1.29, 1.82) is 5.26 Å². The Balaban J connectivity index is 1.85. The average Bonchev–Trinajstić information content (AvgIpc) is 2.21. The lowest BCUT2D eigenvalue weighted by molar-refractivity contribution is -0.141. The Bertz CT molecular complexity index is 446. The van der Waals surface area contributed by atoms with E-state index in [4.69, 9.17) is 5.26 Å². The van der Waals surface area contributed by atoms with Gasteiger partial charge >= 0.3 is 0 Å². The van der Waals surface area contributed by atoms with Crippen LogP contribution in [0, 0.1) is 34.0 Å². The Kier molecular flexibility index (Phi) is 2.56. The fraction of sp³-hybridized carbons (Fsp3) is 0.875. The van der Waals surface area contributed by atoms with Gasteiger partial charge in [0.2, 0.25) is 5.91 Å². The highest BCUT2D eigenvalue weighted by molar-refractivity contribution is 5.81. The lowest BCUT2D eigenvalue weighted by Gasteiger charge is -2.65. The maximum atomic E-state index is 12.1. The minimum atomic E-state index is -0.534. The first-order valence-corrected chi connectivity index (χ1v) is 7.49. The summed E-state index contributed by atoms with van der Waals surface area (Å²) in [6.07, 6.45) is 7.30. The Labute approximate surface area is 115 Å². The molecule has 0 saturated heterocycles. The molecule has 3 atom stereocenters. The molecule has 3 heteroatoms. The molecule has 4 fully saturated rings. The van der Waals surface area contributed by atoms with Crippen LogP contribution < -0.4 is 5.32 Å². The molecule has 19 heavy (non-hydrogen) atoms. The molecule has 4 bridgehead atoms. The van der Waals surface area contributed by atoms with Crippen LogP contribution in [0.5, 0.6) is 0 Å². The van der Waals surface area contributed by atoms with Crippen LogP contribution in [0.2, 0.25) is 0 Å². The monoisotopic (exact) mass is 260 g/mol. The van der Waals surface area contributed by atoms with E-state index in [0.29, 0.717) is 10.8 Å². The lowest BCUT2D eigenvalue weighted by atomic mass is 9.43. The second-order valence-corrected chi connectivity index (χ2v) is 8.25. The predicted octanol–water partition coefficient (Wildman–Crippen LogP) is 3.01. The first-order chi connectivity index (χ1) is 8.77. The van der Waals surface area contributed by atoms with Gasteiger partial charge in [-0.1, -0.05) is 13.8 Å². The van der Waals surface area contributed by atoms with E-state index < -0.39 is 5.92 Å². The zero-order valence-corrected chi connectivity index (χ0v) is 12.3. The Morgan fingerprint density at radius 2 is 1.79 bits per heavy atom. The Morgan fingerprint density at radius 1 is 1.21 bits per heavy atom. The number of hydrogen-bond acceptors (Lipinski definition) is 2. The summed E-state index contributed by atoms with van der Waals surface area (Å²) in [6, 6.07) is 2.05. The van der Waals surface area contributed by atoms with E-state index in [2.05, 4.69) is 25.2 Å². The number of amides is 1. The second kappa shape index (κ2) is 3.75. The molecule has 3 nitrogen and oxygen atoms in total. The van der Waals surface area contributed by atoms with Gasteiger partial charge < -0.3 is 5.32 Å². The quantitative estimate of drug-likeness (QED) is 0.829. The summed E-state index contributed by atoms with van der Waals surface area (Å²) in [5.74, 6) is 0.161. The minimum absolute atomic E-state index is 0.0227. The number of carbonyl (C=O) groups excluding carboxylic acids is 1. The fourth-order valence-corrected chi connectivity index (χ4v) is 6.02. The summed E-state index contributed by atoms with van der Waals surface area (Å²) in [7, 11) is 0. The summed E-state index contributed by atoms with van der Waals surface area (Å²) in [6.45, 7) is 6.48. The topological polar surface area (TPSA) is 52.9 Å². The normalized spacial score (nSPS) is 48.6. The van der Waals surface area contributed by atoms with Crippen molar-refractivity contribution in [1.82, 2.24) is 5.32 Å². The number of rotatable bonds is 2. The molecule has 0 aromatic carbocycles. The molecule has 0 aromatic heterocycles. The Hall–Kier alpha value is -1.04. The molecule has 1 N–H and O–H groups in total. The molecule has 0 spiro atoms. The van der Waals surface area contributed by atoms with E-state index in [1.54, 1.807) is 6.92 Å². The van der Waals surface area contributed by atoms with Gasteiger partial charge in [0, 0.05) is 5.54 Å². The van der Waals surface area contributed by atoms with Crippen molar-refractivity contribution >= 4 is 5.91 Å². The third-order valence-corrected chi connectivity index (χ3v) is 5.60. The van der Waals surface area contributed by atoms with Crippen LogP contribution in [-0.4, -0.2) is 11.4 Å². The van der Waals surface area contributed by atoms with Gasteiger partial charge in [0.25, 0.3) is 0 Å². The van der Waals surface area contributed by atoms with Crippen LogP contribution in [-0.2, 0) is 4.79 Å². The summed E-state index contributed by atoms with van der Waals surface area (Å²) in [4.78, 5) is 12.1. The molecule has 0 radical (unpaired) electrons. The van der Waals surface area contributed by atoms with Gasteiger partial charge in [-0.25, -0.2) is 0 Å². The molecular formula is C16H24N2O. The van der Waals surface area contributed by atoms with Crippen molar-refractivity contribution in [2.24, 2.45) is 22.7 Å². The van der Waals surface area contributed by atoms with Gasteiger partial charge in [-0.05, 0) is 62.2 Å². The number of carbonyl (C=O) groups is 1. The largest absolute Gasteiger partial charge is 0.349 e.